The molecule has 2 N–H and O–H groups in total. The van der Waals surface area contributed by atoms with Gasteiger partial charge in [0.05, 0.1) is 29.4 Å². The monoisotopic (exact) mass is 371 g/mol. The first-order valence-corrected chi connectivity index (χ1v) is 9.18. The van der Waals surface area contributed by atoms with Crippen molar-refractivity contribution in [2.45, 2.75) is 19.8 Å². The topological polar surface area (TPSA) is 70.2 Å². The number of pyridine rings is 1. The minimum absolute atomic E-state index is 0.0965. The Morgan fingerprint density at radius 2 is 1.89 bits per heavy atom. The summed E-state index contributed by atoms with van der Waals surface area (Å²) < 4.78 is 14.5. The van der Waals surface area contributed by atoms with Crippen LogP contribution in [0.25, 0.3) is 38.9 Å². The molecule has 6 heteroatoms. The number of benzene rings is 1. The molecule has 3 aromatic heterocycles. The molecular weight excluding hydrogens is 353 g/mol. The van der Waals surface area contributed by atoms with Crippen molar-refractivity contribution in [3.8, 4) is 22.4 Å². The maximum Gasteiger partial charge on any atom is 0.110 e. The summed E-state index contributed by atoms with van der Waals surface area (Å²) in [5.74, 6) is -0.0965. The average Bonchev–Trinajstić information content (AvgIpc) is 3.41. The van der Waals surface area contributed by atoms with Gasteiger partial charge in [-0.15, -0.1) is 0 Å². The van der Waals surface area contributed by atoms with Crippen molar-refractivity contribution in [3.05, 3.63) is 72.4 Å². The van der Waals surface area contributed by atoms with Crippen molar-refractivity contribution < 1.29 is 4.39 Å². The highest BCUT2D eigenvalue weighted by atomic mass is 19.1. The second-order valence-electron chi connectivity index (χ2n) is 7.05. The molecule has 0 fully saturated rings. The van der Waals surface area contributed by atoms with E-state index in [0.29, 0.717) is 12.0 Å². The fourth-order valence-electron chi connectivity index (χ4n) is 3.61. The smallest absolute Gasteiger partial charge is 0.110 e. The summed E-state index contributed by atoms with van der Waals surface area (Å²) in [7, 11) is 0. The third-order valence-corrected chi connectivity index (χ3v) is 5.12. The van der Waals surface area contributed by atoms with E-state index < -0.39 is 0 Å². The Kier molecular flexibility index (Phi) is 3.90. The van der Waals surface area contributed by atoms with Crippen molar-refractivity contribution in [1.82, 2.24) is 25.1 Å². The van der Waals surface area contributed by atoms with Gasteiger partial charge in [0.1, 0.15) is 5.83 Å². The molecule has 0 spiro atoms. The summed E-state index contributed by atoms with van der Waals surface area (Å²) >= 11 is 0. The van der Waals surface area contributed by atoms with Crippen molar-refractivity contribution in [2.24, 2.45) is 0 Å². The highest BCUT2D eigenvalue weighted by Crippen LogP contribution is 2.36. The molecule has 1 aliphatic carbocycles. The van der Waals surface area contributed by atoms with Crippen LogP contribution >= 0.6 is 0 Å². The van der Waals surface area contributed by atoms with Crippen LogP contribution in [0.4, 0.5) is 4.39 Å². The van der Waals surface area contributed by atoms with E-state index in [-0.39, 0.29) is 5.83 Å². The quantitative estimate of drug-likeness (QED) is 0.504. The normalized spacial score (nSPS) is 14.6. The van der Waals surface area contributed by atoms with Crippen molar-refractivity contribution >= 4 is 16.5 Å². The van der Waals surface area contributed by atoms with Gasteiger partial charge < -0.3 is 4.98 Å². The van der Waals surface area contributed by atoms with E-state index in [1.165, 1.54) is 5.57 Å². The number of hydrogen-bond acceptors (Lipinski definition) is 3. The van der Waals surface area contributed by atoms with Gasteiger partial charge in [-0.3, -0.25) is 10.1 Å². The predicted molar refractivity (Wildman–Crippen MR) is 108 cm³/mol. The molecule has 0 radical (unpaired) electrons. The lowest BCUT2D eigenvalue weighted by atomic mass is 9.95. The van der Waals surface area contributed by atoms with Crippen LogP contribution in [0.1, 0.15) is 25.5 Å². The van der Waals surface area contributed by atoms with Gasteiger partial charge in [-0.1, -0.05) is 17.7 Å². The van der Waals surface area contributed by atoms with Gasteiger partial charge in [0.2, 0.25) is 0 Å². The third kappa shape index (κ3) is 2.83. The van der Waals surface area contributed by atoms with Crippen LogP contribution in [0, 0.1) is 0 Å². The fraction of sp³-hybridized carbons (Fsp3) is 0.136. The van der Waals surface area contributed by atoms with E-state index >= 15 is 0 Å². The largest absolute Gasteiger partial charge is 0.344 e. The maximum atomic E-state index is 14.5. The summed E-state index contributed by atoms with van der Waals surface area (Å²) in [4.78, 5) is 12.1. The first-order chi connectivity index (χ1) is 13.7. The highest BCUT2D eigenvalue weighted by molar-refractivity contribution is 5.90. The number of halogens is 1. The minimum atomic E-state index is -0.0965. The van der Waals surface area contributed by atoms with Crippen molar-refractivity contribution in [1.29, 1.82) is 0 Å². The highest BCUT2D eigenvalue weighted by Gasteiger charge is 2.19. The van der Waals surface area contributed by atoms with Gasteiger partial charge in [-0.05, 0) is 31.5 Å². The van der Waals surface area contributed by atoms with Gasteiger partial charge in [0.25, 0.3) is 0 Å². The first-order valence-electron chi connectivity index (χ1n) is 9.18. The molecule has 1 aliphatic rings. The Balaban J connectivity index is 1.62. The zero-order valence-corrected chi connectivity index (χ0v) is 15.3. The summed E-state index contributed by atoms with van der Waals surface area (Å²) in [6.45, 7) is 2.03. The second kappa shape index (κ2) is 6.56. The zero-order chi connectivity index (χ0) is 19.1. The Bertz CT molecular complexity index is 1230. The van der Waals surface area contributed by atoms with Crippen LogP contribution in [0.5, 0.6) is 0 Å². The van der Waals surface area contributed by atoms with Gasteiger partial charge in [0.15, 0.2) is 0 Å². The maximum absolute atomic E-state index is 14.5. The second-order valence-corrected chi connectivity index (χ2v) is 7.05. The van der Waals surface area contributed by atoms with Gasteiger partial charge in [0, 0.05) is 46.5 Å². The molecule has 1 aromatic carbocycles. The summed E-state index contributed by atoms with van der Waals surface area (Å²) in [5, 5.41) is 7.82. The van der Waals surface area contributed by atoms with E-state index in [0.717, 1.165) is 45.4 Å². The van der Waals surface area contributed by atoms with E-state index in [9.17, 15) is 4.39 Å². The Labute approximate surface area is 161 Å². The molecule has 3 heterocycles. The lowest BCUT2D eigenvalue weighted by Crippen LogP contribution is -1.96. The molecule has 4 aromatic rings. The molecule has 138 valence electrons. The molecule has 0 atom stereocenters. The lowest BCUT2D eigenvalue weighted by Gasteiger charge is -2.13. The number of nitrogens with zero attached hydrogens (tertiary/aromatic N) is 3. The van der Waals surface area contributed by atoms with E-state index in [1.807, 2.05) is 43.6 Å². The van der Waals surface area contributed by atoms with Gasteiger partial charge in [-0.25, -0.2) is 9.37 Å². The number of aromatic nitrogens is 5. The van der Waals surface area contributed by atoms with Crippen molar-refractivity contribution in [2.75, 3.05) is 0 Å². The van der Waals surface area contributed by atoms with E-state index in [1.54, 1.807) is 12.5 Å². The van der Waals surface area contributed by atoms with Gasteiger partial charge >= 0.3 is 0 Å². The first kappa shape index (κ1) is 16.6. The molecule has 0 bridgehead atoms. The van der Waals surface area contributed by atoms with Crippen LogP contribution in [0.3, 0.4) is 0 Å². The number of H-pyrrole nitrogens is 2. The molecule has 0 unspecified atom stereocenters. The Hall–Kier alpha value is -3.54. The fourth-order valence-corrected chi connectivity index (χ4v) is 3.61. The van der Waals surface area contributed by atoms with Crippen LogP contribution < -0.4 is 0 Å². The number of nitrogens with one attached hydrogen (secondary N) is 2. The van der Waals surface area contributed by atoms with Gasteiger partial charge in [-0.2, -0.15) is 5.10 Å². The van der Waals surface area contributed by atoms with Crippen LogP contribution in [0.2, 0.25) is 0 Å². The average molecular weight is 371 g/mol. The number of aromatic amines is 2. The molecule has 0 aliphatic heterocycles. The summed E-state index contributed by atoms with van der Waals surface area (Å²) in [5.41, 5.74) is 7.02. The predicted octanol–water partition coefficient (Wildman–Crippen LogP) is 5.44. The van der Waals surface area contributed by atoms with Crippen LogP contribution in [0.15, 0.2) is 66.7 Å². The third-order valence-electron chi connectivity index (χ3n) is 5.12. The molecule has 0 saturated carbocycles. The summed E-state index contributed by atoms with van der Waals surface area (Å²) in [6, 6.07) is 8.07. The van der Waals surface area contributed by atoms with E-state index in [4.69, 9.17) is 0 Å². The number of hydrogen-bond donors (Lipinski definition) is 2. The number of rotatable bonds is 3. The standard InChI is InChI=1S/C22H18FN5/c1-13-2-4-19(23)18(6-13)22-21(25-12-26-22)14-3-5-20-15(7-14)8-16(9-24-20)17-10-27-28-11-17/h3,5-12H,2,4H2,1H3,(H,25,26)(H,27,28). The SMILES string of the molecule is CC1=CC(c2[nH]cnc2-c2ccc3ncc(-c4cn[nH]c4)cc3c2)=C(F)CC1. The van der Waals surface area contributed by atoms with Crippen LogP contribution in [-0.2, 0) is 0 Å². The lowest BCUT2D eigenvalue weighted by molar-refractivity contribution is 0.586. The number of fused-ring (bicyclic) bond motifs is 1. The van der Waals surface area contributed by atoms with E-state index in [2.05, 4.69) is 31.2 Å². The molecular formula is C22H18FN5. The Morgan fingerprint density at radius 3 is 2.75 bits per heavy atom. The van der Waals surface area contributed by atoms with Crippen molar-refractivity contribution in [3.63, 3.8) is 0 Å². The zero-order valence-electron chi connectivity index (χ0n) is 15.3. The molecule has 5 rings (SSSR count). The molecule has 5 nitrogen and oxygen atoms in total. The number of imidazole rings is 1. The number of allylic oxidation sites excluding steroid dienone is 4. The molecule has 28 heavy (non-hydrogen) atoms. The van der Waals surface area contributed by atoms with Crippen LogP contribution in [-0.4, -0.2) is 25.1 Å². The molecule has 0 saturated heterocycles. The summed E-state index contributed by atoms with van der Waals surface area (Å²) in [6.07, 6.45) is 10.2. The molecule has 0 amide bonds. The minimum Gasteiger partial charge on any atom is -0.344 e. The Morgan fingerprint density at radius 1 is 1.00 bits per heavy atom.